The lowest BCUT2D eigenvalue weighted by molar-refractivity contribution is 0.00600. The Labute approximate surface area is 205 Å². The molecule has 3 unspecified atom stereocenters. The van der Waals surface area contributed by atoms with E-state index >= 15 is 0 Å². The molecule has 7 radical (unpaired) electrons. The molecule has 2 aliphatic carbocycles. The number of allylic oxidation sites excluding steroid dienone is 2. The van der Waals surface area contributed by atoms with Gasteiger partial charge in [-0.25, -0.2) is 0 Å². The molecule has 3 atom stereocenters. The highest BCUT2D eigenvalue weighted by molar-refractivity contribution is 6.88. The first-order valence-electron chi connectivity index (χ1n) is 10.5. The van der Waals surface area contributed by atoms with Crippen LogP contribution in [-0.4, -0.2) is 84.1 Å². The summed E-state index contributed by atoms with van der Waals surface area (Å²) in [6.45, 7) is 4.28. The Kier molecular flexibility index (Phi) is 6.27. The number of hydrogen-bond acceptors (Lipinski definition) is 13. The standard InChI is InChI=1S/C11H19O13Si9/c1-32(2,6-5-11-8-9-3-4-10(11)7-9)24-33-21-29-15-26-12-25-13-27(17-29)19-31(23-33)20-28(14-25)18-30(16-26)22-33/h3-4,9-11H,5-8H2,1-2H3. The fourth-order valence-corrected chi connectivity index (χ4v) is 30.8. The summed E-state index contributed by atoms with van der Waals surface area (Å²) in [6, 6.07) is 0.942. The van der Waals surface area contributed by atoms with Crippen molar-refractivity contribution in [3.63, 3.8) is 0 Å². The van der Waals surface area contributed by atoms with Crippen LogP contribution in [0.5, 0.6) is 0 Å². The van der Waals surface area contributed by atoms with Crippen molar-refractivity contribution in [2.45, 2.75) is 38.4 Å². The lowest BCUT2D eigenvalue weighted by atomic mass is 9.91. The van der Waals surface area contributed by atoms with Crippen molar-refractivity contribution in [1.29, 1.82) is 0 Å². The summed E-state index contributed by atoms with van der Waals surface area (Å²) in [5.74, 6) is 2.14. The second-order valence-corrected chi connectivity index (χ2v) is 28.0. The molecular weight excluding hydrogens is 593 g/mol. The van der Waals surface area contributed by atoms with Crippen molar-refractivity contribution in [3.8, 4) is 0 Å². The summed E-state index contributed by atoms with van der Waals surface area (Å²) in [6.07, 6.45) is 8.40. The SMILES string of the molecule is C[Si](C)(CCC1CC2C=CC1C2)O[Si]12O[Si]3O[Si]4O[Si]5O[Si](O3)O[Si](O[Si](O5)O[Si](O4)O1)O2. The van der Waals surface area contributed by atoms with E-state index in [1.54, 1.807) is 0 Å². The van der Waals surface area contributed by atoms with Gasteiger partial charge in [-0.1, -0.05) is 18.6 Å². The van der Waals surface area contributed by atoms with Crippen LogP contribution in [0.1, 0.15) is 19.3 Å². The molecule has 6 heterocycles. The number of hydrogen-bond donors (Lipinski definition) is 0. The Hall–Kier alpha value is 1.17. The van der Waals surface area contributed by atoms with Crippen molar-refractivity contribution in [1.82, 2.24) is 0 Å². The Morgan fingerprint density at radius 3 is 1.64 bits per heavy atom. The lowest BCUT2D eigenvalue weighted by Gasteiger charge is -2.45. The van der Waals surface area contributed by atoms with E-state index in [4.69, 9.17) is 53.5 Å². The molecule has 33 heavy (non-hydrogen) atoms. The van der Waals surface area contributed by atoms with Crippen LogP contribution in [0.15, 0.2) is 12.2 Å². The molecule has 7 fully saturated rings. The Morgan fingerprint density at radius 2 is 1.21 bits per heavy atom. The van der Waals surface area contributed by atoms with Crippen LogP contribution in [0.25, 0.3) is 0 Å². The average molecular weight is 612 g/mol. The van der Waals surface area contributed by atoms with Crippen molar-refractivity contribution < 1.29 is 53.5 Å². The normalized spacial score (nSPS) is 38.1. The number of rotatable bonds is 5. The van der Waals surface area contributed by atoms with Gasteiger partial charge < -0.3 is 53.5 Å². The highest BCUT2D eigenvalue weighted by atomic mass is 28.6. The molecule has 8 aliphatic rings. The molecule has 0 aromatic carbocycles. The molecule has 0 N–H and O–H groups in total. The van der Waals surface area contributed by atoms with Crippen LogP contribution < -0.4 is 0 Å². The van der Waals surface area contributed by atoms with Gasteiger partial charge in [-0.3, -0.25) is 0 Å². The summed E-state index contributed by atoms with van der Waals surface area (Å²) in [5, 5.41) is 0. The predicted octanol–water partition coefficient (Wildman–Crippen LogP) is -0.592. The van der Waals surface area contributed by atoms with Gasteiger partial charge in [0.25, 0.3) is 0 Å². The van der Waals surface area contributed by atoms with Crippen LogP contribution in [0.3, 0.4) is 0 Å². The van der Waals surface area contributed by atoms with Gasteiger partial charge in [-0.15, -0.1) is 0 Å². The van der Waals surface area contributed by atoms with Crippen LogP contribution in [0.4, 0.5) is 0 Å². The minimum atomic E-state index is -3.86. The van der Waals surface area contributed by atoms with Crippen molar-refractivity contribution in [2.75, 3.05) is 0 Å². The van der Waals surface area contributed by atoms with Crippen molar-refractivity contribution in [2.24, 2.45) is 17.8 Å². The minimum absolute atomic E-state index is 0.696. The fraction of sp³-hybridized carbons (Fsp3) is 0.818. The molecule has 1 saturated carbocycles. The van der Waals surface area contributed by atoms with Crippen molar-refractivity contribution >= 4 is 84.1 Å². The van der Waals surface area contributed by atoms with E-state index in [0.717, 1.165) is 18.4 Å². The molecule has 22 heteroatoms. The third-order valence-corrected chi connectivity index (χ3v) is 27.8. The molecule has 0 spiro atoms. The van der Waals surface area contributed by atoms with Gasteiger partial charge in [-0.2, -0.15) is 0 Å². The van der Waals surface area contributed by atoms with E-state index in [-0.39, 0.29) is 0 Å². The van der Waals surface area contributed by atoms with Crippen LogP contribution in [0, 0.1) is 17.8 Å². The van der Waals surface area contributed by atoms with E-state index in [9.17, 15) is 0 Å². The molecule has 13 nitrogen and oxygen atoms in total. The molecule has 0 aromatic heterocycles. The van der Waals surface area contributed by atoms with Gasteiger partial charge in [0.1, 0.15) is 0 Å². The average Bonchev–Trinajstić information content (AvgIpc) is 3.26. The first-order valence-corrected chi connectivity index (χ1v) is 23.9. The highest BCUT2D eigenvalue weighted by Gasteiger charge is 2.68. The summed E-state index contributed by atoms with van der Waals surface area (Å²) in [7, 11) is -22.8. The molecule has 0 aromatic rings. The zero-order chi connectivity index (χ0) is 22.2. The van der Waals surface area contributed by atoms with E-state index in [0.29, 0.717) is 11.8 Å². The monoisotopic (exact) mass is 611 g/mol. The maximum absolute atomic E-state index is 6.66. The van der Waals surface area contributed by atoms with Crippen molar-refractivity contribution in [3.05, 3.63) is 12.2 Å². The van der Waals surface area contributed by atoms with Gasteiger partial charge in [0.15, 0.2) is 8.32 Å². The minimum Gasteiger partial charge on any atom is -0.395 e. The fourth-order valence-electron chi connectivity index (χ4n) is 4.63. The maximum atomic E-state index is 6.66. The molecule has 177 valence electrons. The van der Waals surface area contributed by atoms with E-state index in [2.05, 4.69) is 25.2 Å². The van der Waals surface area contributed by atoms with Gasteiger partial charge in [0.2, 0.25) is 0 Å². The second kappa shape index (κ2) is 8.88. The van der Waals surface area contributed by atoms with Crippen LogP contribution >= 0.6 is 0 Å². The van der Waals surface area contributed by atoms with E-state index in [1.165, 1.54) is 12.8 Å². The second-order valence-electron chi connectivity index (χ2n) is 8.92. The van der Waals surface area contributed by atoms with Gasteiger partial charge >= 0.3 is 75.7 Å². The zero-order valence-corrected chi connectivity index (χ0v) is 26.5. The Bertz CT molecular complexity index is 732. The Balaban J connectivity index is 1.14. The predicted molar refractivity (Wildman–Crippen MR) is 116 cm³/mol. The highest BCUT2D eigenvalue weighted by Crippen LogP contribution is 2.46. The van der Waals surface area contributed by atoms with Gasteiger partial charge in [0.05, 0.1) is 0 Å². The van der Waals surface area contributed by atoms with Crippen LogP contribution in [0.2, 0.25) is 19.1 Å². The van der Waals surface area contributed by atoms with Crippen LogP contribution in [-0.2, 0) is 53.5 Å². The summed E-state index contributed by atoms with van der Waals surface area (Å²) >= 11 is 0. The topological polar surface area (TPSA) is 120 Å². The number of fused-ring (bicyclic) bond motifs is 2. The smallest absolute Gasteiger partial charge is 0.395 e. The third kappa shape index (κ3) is 4.89. The largest absolute Gasteiger partial charge is 0.646 e. The summed E-state index contributed by atoms with van der Waals surface area (Å²) in [4.78, 5) is 0. The first-order chi connectivity index (χ1) is 15.9. The van der Waals surface area contributed by atoms with E-state index in [1.807, 2.05) is 0 Å². The molecule has 8 rings (SSSR count). The molecule has 10 bridgehead atoms. The van der Waals surface area contributed by atoms with Gasteiger partial charge in [-0.05, 0) is 49.7 Å². The molecule has 0 amide bonds. The third-order valence-electron chi connectivity index (χ3n) is 6.06. The first kappa shape index (κ1) is 23.3. The lowest BCUT2D eigenvalue weighted by Crippen LogP contribution is -2.74. The van der Waals surface area contributed by atoms with Gasteiger partial charge in [0, 0.05) is 0 Å². The Morgan fingerprint density at radius 1 is 0.727 bits per heavy atom. The maximum Gasteiger partial charge on any atom is 0.646 e. The zero-order valence-electron chi connectivity index (χ0n) is 17.5. The molecular formula is C11H19O13Si9. The summed E-state index contributed by atoms with van der Waals surface area (Å²) < 4.78 is 78.4. The molecule has 6 saturated heterocycles. The van der Waals surface area contributed by atoms with E-state index < -0.39 is 84.1 Å². The quantitative estimate of drug-likeness (QED) is 0.291. The summed E-state index contributed by atoms with van der Waals surface area (Å²) in [5.41, 5.74) is 0. The molecule has 6 aliphatic heterocycles.